The van der Waals surface area contributed by atoms with Crippen LogP contribution >= 0.6 is 0 Å². The average molecular weight is 423 g/mol. The summed E-state index contributed by atoms with van der Waals surface area (Å²) in [5, 5.41) is 3.60. The highest BCUT2D eigenvalue weighted by atomic mass is 19.1. The highest BCUT2D eigenvalue weighted by molar-refractivity contribution is 5.60. The Morgan fingerprint density at radius 3 is 2.48 bits per heavy atom. The number of hydrogen-bond donors (Lipinski definition) is 1. The Morgan fingerprint density at radius 1 is 1.13 bits per heavy atom. The number of halogens is 1. The van der Waals surface area contributed by atoms with Crippen LogP contribution in [-0.2, 0) is 7.05 Å². The van der Waals surface area contributed by atoms with Gasteiger partial charge in [-0.1, -0.05) is 0 Å². The van der Waals surface area contributed by atoms with Crippen LogP contribution in [0, 0.1) is 5.82 Å². The molecule has 0 radical (unpaired) electrons. The molecular weight excluding hydrogens is 395 g/mol. The smallest absolute Gasteiger partial charge is 0.255 e. The topological polar surface area (TPSA) is 66.3 Å². The quantitative estimate of drug-likeness (QED) is 0.682. The Kier molecular flexibility index (Phi) is 5.88. The van der Waals surface area contributed by atoms with E-state index >= 15 is 0 Å². The van der Waals surface area contributed by atoms with Crippen LogP contribution in [0.3, 0.4) is 0 Å². The largest absolute Gasteiger partial charge is 0.382 e. The van der Waals surface area contributed by atoms with Crippen LogP contribution in [0.2, 0.25) is 0 Å². The summed E-state index contributed by atoms with van der Waals surface area (Å²) in [5.41, 5.74) is 2.67. The molecule has 4 rings (SSSR count). The first-order chi connectivity index (χ1) is 14.9. The summed E-state index contributed by atoms with van der Waals surface area (Å²) in [6.07, 6.45) is 4.47. The predicted octanol–water partition coefficient (Wildman–Crippen LogP) is 3.13. The van der Waals surface area contributed by atoms with Crippen molar-refractivity contribution in [1.82, 2.24) is 14.5 Å². The number of pyridine rings is 1. The van der Waals surface area contributed by atoms with Crippen molar-refractivity contribution in [1.29, 1.82) is 0 Å². The second-order valence-corrected chi connectivity index (χ2v) is 8.04. The Balaban J connectivity index is 1.47. The van der Waals surface area contributed by atoms with Crippen LogP contribution in [0.5, 0.6) is 0 Å². The minimum atomic E-state index is -0.489. The Hall–Kier alpha value is -3.42. The third kappa shape index (κ3) is 4.52. The van der Waals surface area contributed by atoms with E-state index in [1.807, 2.05) is 14.1 Å². The molecule has 3 aromatic rings. The molecular formula is C23H27FN6O. The van der Waals surface area contributed by atoms with Gasteiger partial charge >= 0.3 is 0 Å². The summed E-state index contributed by atoms with van der Waals surface area (Å²) in [5.74, 6) is 0.0740. The lowest BCUT2D eigenvalue weighted by Gasteiger charge is -2.34. The molecule has 0 atom stereocenters. The van der Waals surface area contributed by atoms with Crippen molar-refractivity contribution in [3.8, 4) is 11.3 Å². The fraction of sp³-hybridized carbons (Fsp3) is 0.348. The van der Waals surface area contributed by atoms with E-state index in [1.165, 1.54) is 16.8 Å². The maximum Gasteiger partial charge on any atom is 0.255 e. The average Bonchev–Trinajstić information content (AvgIpc) is 2.77. The number of nitrogens with zero attached hydrogens (tertiary/aromatic N) is 5. The van der Waals surface area contributed by atoms with Gasteiger partial charge in [-0.3, -0.25) is 14.3 Å². The molecule has 1 aromatic carbocycles. The molecule has 1 saturated heterocycles. The lowest BCUT2D eigenvalue weighted by atomic mass is 10.0. The first kappa shape index (κ1) is 20.8. The molecule has 0 bridgehead atoms. The van der Waals surface area contributed by atoms with Crippen molar-refractivity contribution in [2.75, 3.05) is 42.3 Å². The maximum absolute atomic E-state index is 14.2. The standard InChI is InChI=1S/C23H27FN6O/c1-28(2)18-6-4-16(5-7-18)26-17-9-12-30(13-10-17)23-27-21(14-22(31)29(23)3)19-8-11-25-15-20(19)24/h4-8,11,14-15,17,26H,9-10,12-13H2,1-3H3. The fourth-order valence-electron chi connectivity index (χ4n) is 3.85. The first-order valence-electron chi connectivity index (χ1n) is 10.4. The third-order valence-electron chi connectivity index (χ3n) is 5.69. The highest BCUT2D eigenvalue weighted by Crippen LogP contribution is 2.24. The predicted molar refractivity (Wildman–Crippen MR) is 122 cm³/mol. The highest BCUT2D eigenvalue weighted by Gasteiger charge is 2.23. The van der Waals surface area contributed by atoms with E-state index in [2.05, 4.69) is 49.4 Å². The minimum absolute atomic E-state index is 0.211. The molecule has 1 N–H and O–H groups in total. The first-order valence-corrected chi connectivity index (χ1v) is 10.4. The number of benzene rings is 1. The number of nitrogens with one attached hydrogen (secondary N) is 1. The van der Waals surface area contributed by atoms with Crippen molar-refractivity contribution >= 4 is 17.3 Å². The number of aromatic nitrogens is 3. The van der Waals surface area contributed by atoms with Gasteiger partial charge in [0.2, 0.25) is 5.95 Å². The lowest BCUT2D eigenvalue weighted by molar-refractivity contribution is 0.513. The van der Waals surface area contributed by atoms with Crippen molar-refractivity contribution in [3.63, 3.8) is 0 Å². The Labute approximate surface area is 181 Å². The molecule has 1 aliphatic heterocycles. The Bertz CT molecular complexity index is 1100. The summed E-state index contributed by atoms with van der Waals surface area (Å²) in [6.45, 7) is 1.52. The molecule has 0 saturated carbocycles. The van der Waals surface area contributed by atoms with Gasteiger partial charge in [-0.25, -0.2) is 9.37 Å². The van der Waals surface area contributed by atoms with Crippen LogP contribution in [0.1, 0.15) is 12.8 Å². The van der Waals surface area contributed by atoms with Crippen LogP contribution in [-0.4, -0.2) is 47.8 Å². The summed E-state index contributed by atoms with van der Waals surface area (Å²) in [6, 6.07) is 11.6. The van der Waals surface area contributed by atoms with Crippen molar-refractivity contribution in [2.45, 2.75) is 18.9 Å². The van der Waals surface area contributed by atoms with E-state index in [-0.39, 0.29) is 11.1 Å². The molecule has 31 heavy (non-hydrogen) atoms. The van der Waals surface area contributed by atoms with Gasteiger partial charge in [-0.2, -0.15) is 0 Å². The molecule has 0 amide bonds. The van der Waals surface area contributed by atoms with Gasteiger partial charge in [0.1, 0.15) is 0 Å². The number of hydrogen-bond acceptors (Lipinski definition) is 6. The summed E-state index contributed by atoms with van der Waals surface area (Å²) >= 11 is 0. The second-order valence-electron chi connectivity index (χ2n) is 8.04. The molecule has 7 nitrogen and oxygen atoms in total. The summed E-state index contributed by atoms with van der Waals surface area (Å²) < 4.78 is 15.7. The van der Waals surface area contributed by atoms with Gasteiger partial charge in [0.15, 0.2) is 5.82 Å². The zero-order valence-electron chi connectivity index (χ0n) is 18.0. The van der Waals surface area contributed by atoms with Gasteiger partial charge in [0.05, 0.1) is 11.9 Å². The van der Waals surface area contributed by atoms with Gasteiger partial charge in [-0.05, 0) is 43.2 Å². The maximum atomic E-state index is 14.2. The number of piperidine rings is 1. The zero-order valence-corrected chi connectivity index (χ0v) is 18.0. The van der Waals surface area contributed by atoms with Crippen molar-refractivity contribution in [2.24, 2.45) is 7.05 Å². The molecule has 1 aliphatic rings. The second kappa shape index (κ2) is 8.75. The van der Waals surface area contributed by atoms with Crippen LogP contribution in [0.15, 0.2) is 53.6 Å². The van der Waals surface area contributed by atoms with Crippen LogP contribution < -0.4 is 20.7 Å². The molecule has 0 unspecified atom stereocenters. The molecule has 3 heterocycles. The van der Waals surface area contributed by atoms with E-state index in [4.69, 9.17) is 0 Å². The summed E-state index contributed by atoms with van der Waals surface area (Å²) in [7, 11) is 5.75. The van der Waals surface area contributed by atoms with Crippen molar-refractivity contribution < 1.29 is 4.39 Å². The third-order valence-corrected chi connectivity index (χ3v) is 5.69. The molecule has 8 heteroatoms. The number of rotatable bonds is 5. The zero-order chi connectivity index (χ0) is 22.0. The van der Waals surface area contributed by atoms with E-state index < -0.39 is 5.82 Å². The van der Waals surface area contributed by atoms with E-state index in [0.717, 1.165) is 43.5 Å². The monoisotopic (exact) mass is 422 g/mol. The van der Waals surface area contributed by atoms with E-state index in [1.54, 1.807) is 13.1 Å². The normalized spacial score (nSPS) is 14.5. The van der Waals surface area contributed by atoms with Gasteiger partial charge in [0, 0.05) is 69.5 Å². The van der Waals surface area contributed by atoms with E-state index in [0.29, 0.717) is 17.7 Å². The molecule has 0 spiro atoms. The fourth-order valence-corrected chi connectivity index (χ4v) is 3.85. The molecule has 0 aliphatic carbocycles. The SMILES string of the molecule is CN(C)c1ccc(NC2CCN(c3nc(-c4ccncc4F)cc(=O)n3C)CC2)cc1. The lowest BCUT2D eigenvalue weighted by Crippen LogP contribution is -2.42. The van der Waals surface area contributed by atoms with Crippen molar-refractivity contribution in [3.05, 3.63) is 65.0 Å². The van der Waals surface area contributed by atoms with E-state index in [9.17, 15) is 9.18 Å². The Morgan fingerprint density at radius 2 is 1.84 bits per heavy atom. The number of anilines is 3. The molecule has 1 fully saturated rings. The molecule has 2 aromatic heterocycles. The molecule has 162 valence electrons. The minimum Gasteiger partial charge on any atom is -0.382 e. The summed E-state index contributed by atoms with van der Waals surface area (Å²) in [4.78, 5) is 25.1. The van der Waals surface area contributed by atoms with Gasteiger partial charge < -0.3 is 15.1 Å². The van der Waals surface area contributed by atoms with Gasteiger partial charge in [0.25, 0.3) is 5.56 Å². The van der Waals surface area contributed by atoms with Crippen LogP contribution in [0.4, 0.5) is 21.7 Å². The van der Waals surface area contributed by atoms with Crippen LogP contribution in [0.25, 0.3) is 11.3 Å². The van der Waals surface area contributed by atoms with Gasteiger partial charge in [-0.15, -0.1) is 0 Å².